The van der Waals surface area contributed by atoms with Crippen LogP contribution in [0.5, 0.6) is 0 Å². The molecular formula is C11H17BrN2O. The summed E-state index contributed by atoms with van der Waals surface area (Å²) >= 11 is 3.38. The van der Waals surface area contributed by atoms with Crippen LogP contribution in [0.25, 0.3) is 0 Å². The second-order valence-electron chi connectivity index (χ2n) is 3.59. The average Bonchev–Trinajstić information content (AvgIpc) is 2.57. The summed E-state index contributed by atoms with van der Waals surface area (Å²) in [6.45, 7) is 4.97. The highest BCUT2D eigenvalue weighted by molar-refractivity contribution is 9.10. The maximum Gasteiger partial charge on any atom is 0.182 e. The van der Waals surface area contributed by atoms with Gasteiger partial charge in [-0.1, -0.05) is 20.3 Å². The molecule has 1 rings (SSSR count). The number of carbonyl (C=O) groups is 1. The fourth-order valence-electron chi connectivity index (χ4n) is 1.48. The summed E-state index contributed by atoms with van der Waals surface area (Å²) in [5, 5.41) is 4.18. The summed E-state index contributed by atoms with van der Waals surface area (Å²) in [5.41, 5.74) is 0.727. The third-order valence-electron chi connectivity index (χ3n) is 2.25. The molecule has 1 aromatic heterocycles. The zero-order valence-corrected chi connectivity index (χ0v) is 10.9. The molecule has 0 aliphatic rings. The van der Waals surface area contributed by atoms with E-state index in [1.54, 1.807) is 10.9 Å². The lowest BCUT2D eigenvalue weighted by atomic mass is 10.1. The number of nitrogens with zero attached hydrogens (tertiary/aromatic N) is 2. The Morgan fingerprint density at radius 1 is 1.47 bits per heavy atom. The van der Waals surface area contributed by atoms with Gasteiger partial charge in [-0.15, -0.1) is 0 Å². The third kappa shape index (κ3) is 3.16. The molecule has 0 bridgehead atoms. The number of ketones is 1. The molecule has 0 atom stereocenters. The second kappa shape index (κ2) is 6.05. The van der Waals surface area contributed by atoms with Gasteiger partial charge in [-0.25, -0.2) is 0 Å². The van der Waals surface area contributed by atoms with Gasteiger partial charge in [-0.2, -0.15) is 5.10 Å². The van der Waals surface area contributed by atoms with Gasteiger partial charge in [0.15, 0.2) is 5.78 Å². The van der Waals surface area contributed by atoms with Crippen molar-refractivity contribution in [2.75, 3.05) is 0 Å². The molecule has 0 aliphatic heterocycles. The Hall–Kier alpha value is -0.640. The Morgan fingerprint density at radius 2 is 2.20 bits per heavy atom. The van der Waals surface area contributed by atoms with E-state index in [-0.39, 0.29) is 5.78 Å². The van der Waals surface area contributed by atoms with Crippen LogP contribution in [0.4, 0.5) is 0 Å². The van der Waals surface area contributed by atoms with Crippen LogP contribution in [-0.2, 0) is 6.54 Å². The molecule has 0 saturated carbocycles. The molecule has 0 N–H and O–H groups in total. The number of hydrogen-bond acceptors (Lipinski definition) is 2. The fraction of sp³-hybridized carbons (Fsp3) is 0.636. The molecule has 15 heavy (non-hydrogen) atoms. The molecule has 1 heterocycles. The standard InChI is InChI=1S/C11H17BrN2O/c1-3-5-6-10(15)11-9(12)8-13-14(11)7-4-2/h8H,3-7H2,1-2H3. The van der Waals surface area contributed by atoms with Crippen molar-refractivity contribution in [1.29, 1.82) is 0 Å². The van der Waals surface area contributed by atoms with Gasteiger partial charge in [0.2, 0.25) is 0 Å². The van der Waals surface area contributed by atoms with Crippen molar-refractivity contribution >= 4 is 21.7 Å². The van der Waals surface area contributed by atoms with Crippen LogP contribution >= 0.6 is 15.9 Å². The Labute approximate surface area is 99.0 Å². The Balaban J connectivity index is 2.80. The summed E-state index contributed by atoms with van der Waals surface area (Å²) in [6, 6.07) is 0. The van der Waals surface area contributed by atoms with Gasteiger partial charge in [-0.05, 0) is 28.8 Å². The quantitative estimate of drug-likeness (QED) is 0.744. The normalized spacial score (nSPS) is 10.6. The predicted octanol–water partition coefficient (Wildman–Crippen LogP) is 3.43. The van der Waals surface area contributed by atoms with E-state index in [1.165, 1.54) is 0 Å². The lowest BCUT2D eigenvalue weighted by molar-refractivity contribution is 0.0968. The molecule has 0 aromatic carbocycles. The molecule has 4 heteroatoms. The monoisotopic (exact) mass is 272 g/mol. The Morgan fingerprint density at radius 3 is 2.80 bits per heavy atom. The zero-order chi connectivity index (χ0) is 11.3. The van der Waals surface area contributed by atoms with Crippen molar-refractivity contribution in [2.24, 2.45) is 0 Å². The van der Waals surface area contributed by atoms with Crippen LogP contribution in [0, 0.1) is 0 Å². The SMILES string of the molecule is CCCCC(=O)c1c(Br)cnn1CCC. The lowest BCUT2D eigenvalue weighted by Crippen LogP contribution is -2.10. The minimum absolute atomic E-state index is 0.190. The maximum atomic E-state index is 11.9. The molecule has 0 radical (unpaired) electrons. The number of aromatic nitrogens is 2. The summed E-state index contributed by atoms with van der Waals surface area (Å²) in [7, 11) is 0. The fourth-order valence-corrected chi connectivity index (χ4v) is 1.99. The van der Waals surface area contributed by atoms with E-state index in [0.29, 0.717) is 6.42 Å². The summed E-state index contributed by atoms with van der Waals surface area (Å²) in [6.07, 6.45) is 5.30. The summed E-state index contributed by atoms with van der Waals surface area (Å²) in [4.78, 5) is 11.9. The van der Waals surface area contributed by atoms with E-state index >= 15 is 0 Å². The number of carbonyl (C=O) groups excluding carboxylic acids is 1. The maximum absolute atomic E-state index is 11.9. The summed E-state index contributed by atoms with van der Waals surface area (Å²) < 4.78 is 2.61. The number of unbranched alkanes of at least 4 members (excludes halogenated alkanes) is 1. The first kappa shape index (κ1) is 12.4. The van der Waals surface area contributed by atoms with Gasteiger partial charge in [0.1, 0.15) is 5.69 Å². The molecule has 0 unspecified atom stereocenters. The van der Waals surface area contributed by atoms with Gasteiger partial charge in [0.25, 0.3) is 0 Å². The van der Waals surface area contributed by atoms with Gasteiger partial charge < -0.3 is 0 Å². The first-order valence-electron chi connectivity index (χ1n) is 5.45. The highest BCUT2D eigenvalue weighted by atomic mass is 79.9. The lowest BCUT2D eigenvalue weighted by Gasteiger charge is -2.05. The Bertz CT molecular complexity index is 333. The van der Waals surface area contributed by atoms with E-state index < -0.39 is 0 Å². The van der Waals surface area contributed by atoms with E-state index in [2.05, 4.69) is 34.9 Å². The molecular weight excluding hydrogens is 256 g/mol. The average molecular weight is 273 g/mol. The number of hydrogen-bond donors (Lipinski definition) is 0. The van der Waals surface area contributed by atoms with Crippen LogP contribution in [0.2, 0.25) is 0 Å². The summed E-state index contributed by atoms with van der Waals surface area (Å²) in [5.74, 6) is 0.190. The molecule has 1 aromatic rings. The predicted molar refractivity (Wildman–Crippen MR) is 64.1 cm³/mol. The first-order chi connectivity index (χ1) is 7.20. The van der Waals surface area contributed by atoms with E-state index in [0.717, 1.165) is 36.0 Å². The molecule has 0 aliphatic carbocycles. The van der Waals surface area contributed by atoms with Crippen molar-refractivity contribution in [3.8, 4) is 0 Å². The molecule has 0 amide bonds. The van der Waals surface area contributed by atoms with Gasteiger partial charge in [-0.3, -0.25) is 9.48 Å². The van der Waals surface area contributed by atoms with Crippen LogP contribution < -0.4 is 0 Å². The zero-order valence-electron chi connectivity index (χ0n) is 9.29. The Kier molecular flexibility index (Phi) is 5.02. The van der Waals surface area contributed by atoms with Crippen molar-refractivity contribution < 1.29 is 4.79 Å². The molecule has 84 valence electrons. The first-order valence-corrected chi connectivity index (χ1v) is 6.24. The van der Waals surface area contributed by atoms with Crippen molar-refractivity contribution in [3.63, 3.8) is 0 Å². The van der Waals surface area contributed by atoms with Crippen LogP contribution in [0.1, 0.15) is 50.0 Å². The number of halogens is 1. The number of rotatable bonds is 6. The topological polar surface area (TPSA) is 34.9 Å². The van der Waals surface area contributed by atoms with Crippen LogP contribution in [0.3, 0.4) is 0 Å². The van der Waals surface area contributed by atoms with Crippen molar-refractivity contribution in [1.82, 2.24) is 9.78 Å². The van der Waals surface area contributed by atoms with E-state index in [1.807, 2.05) is 0 Å². The molecule has 0 saturated heterocycles. The largest absolute Gasteiger partial charge is 0.292 e. The highest BCUT2D eigenvalue weighted by Gasteiger charge is 2.15. The minimum Gasteiger partial charge on any atom is -0.292 e. The molecule has 3 nitrogen and oxygen atoms in total. The van der Waals surface area contributed by atoms with Gasteiger partial charge >= 0.3 is 0 Å². The van der Waals surface area contributed by atoms with Crippen molar-refractivity contribution in [2.45, 2.75) is 46.1 Å². The minimum atomic E-state index is 0.190. The van der Waals surface area contributed by atoms with E-state index in [9.17, 15) is 4.79 Å². The molecule has 0 spiro atoms. The van der Waals surface area contributed by atoms with E-state index in [4.69, 9.17) is 0 Å². The third-order valence-corrected chi connectivity index (χ3v) is 2.83. The van der Waals surface area contributed by atoms with Crippen LogP contribution in [0.15, 0.2) is 10.7 Å². The van der Waals surface area contributed by atoms with Gasteiger partial charge in [0, 0.05) is 13.0 Å². The smallest absolute Gasteiger partial charge is 0.182 e. The second-order valence-corrected chi connectivity index (χ2v) is 4.45. The van der Waals surface area contributed by atoms with Crippen LogP contribution in [-0.4, -0.2) is 15.6 Å². The molecule has 0 fully saturated rings. The van der Waals surface area contributed by atoms with Gasteiger partial charge in [0.05, 0.1) is 10.7 Å². The number of aryl methyl sites for hydroxylation is 1. The van der Waals surface area contributed by atoms with Crippen molar-refractivity contribution in [3.05, 3.63) is 16.4 Å². The highest BCUT2D eigenvalue weighted by Crippen LogP contribution is 2.19. The number of Topliss-reactive ketones (excluding diaryl/α,β-unsaturated/α-hetero) is 1.